The van der Waals surface area contributed by atoms with Gasteiger partial charge in [0.2, 0.25) is 5.91 Å². The van der Waals surface area contributed by atoms with Crippen LogP contribution in [0.25, 0.3) is 0 Å². The highest BCUT2D eigenvalue weighted by Gasteiger charge is 2.05. The van der Waals surface area contributed by atoms with Crippen molar-refractivity contribution in [2.75, 3.05) is 18.5 Å². The Bertz CT molecular complexity index is 383. The smallest absolute Gasteiger partial charge is 0.226 e. The van der Waals surface area contributed by atoms with E-state index in [2.05, 4.69) is 10.3 Å². The van der Waals surface area contributed by atoms with Crippen LogP contribution in [0, 0.1) is 6.92 Å². The van der Waals surface area contributed by atoms with E-state index in [1.165, 1.54) is 0 Å². The zero-order chi connectivity index (χ0) is 12.7. The number of anilines is 1. The Labute approximate surface area is 106 Å². The van der Waals surface area contributed by atoms with Gasteiger partial charge in [-0.2, -0.15) is 0 Å². The molecule has 0 radical (unpaired) electrons. The standard InChI is InChI=1S/C12H17ClN2O2/c1-3-7-17-8-6-12(16)15-10-4-5-11(13)14-9(10)2/h4-5H,3,6-8H2,1-2H3,(H,15,16). The largest absolute Gasteiger partial charge is 0.381 e. The number of carbonyl (C=O) groups is 1. The van der Waals surface area contributed by atoms with Gasteiger partial charge in [0.05, 0.1) is 24.4 Å². The fourth-order valence-electron chi connectivity index (χ4n) is 1.29. The first-order valence-electron chi connectivity index (χ1n) is 5.64. The van der Waals surface area contributed by atoms with Crippen molar-refractivity contribution >= 4 is 23.2 Å². The molecule has 94 valence electrons. The SMILES string of the molecule is CCCOCCC(=O)Nc1ccc(Cl)nc1C. The molecule has 0 unspecified atom stereocenters. The monoisotopic (exact) mass is 256 g/mol. The minimum absolute atomic E-state index is 0.0756. The van der Waals surface area contributed by atoms with Gasteiger partial charge in [-0.3, -0.25) is 4.79 Å². The van der Waals surface area contributed by atoms with Crippen molar-refractivity contribution in [1.29, 1.82) is 0 Å². The van der Waals surface area contributed by atoms with Gasteiger partial charge in [-0.25, -0.2) is 4.98 Å². The molecule has 5 heteroatoms. The second-order valence-corrected chi connectivity index (χ2v) is 4.06. The molecule has 0 atom stereocenters. The second kappa shape index (κ2) is 7.25. The highest BCUT2D eigenvalue weighted by Crippen LogP contribution is 2.15. The average molecular weight is 257 g/mol. The average Bonchev–Trinajstić information content (AvgIpc) is 2.28. The van der Waals surface area contributed by atoms with Gasteiger partial charge in [-0.15, -0.1) is 0 Å². The third-order valence-corrected chi connectivity index (χ3v) is 2.36. The number of nitrogens with zero attached hydrogens (tertiary/aromatic N) is 1. The van der Waals surface area contributed by atoms with Crippen LogP contribution in [0.4, 0.5) is 5.69 Å². The summed E-state index contributed by atoms with van der Waals surface area (Å²) in [4.78, 5) is 15.6. The molecule has 1 aromatic heterocycles. The Balaban J connectivity index is 2.40. The Hall–Kier alpha value is -1.13. The van der Waals surface area contributed by atoms with Crippen LogP contribution < -0.4 is 5.32 Å². The Morgan fingerprint density at radius 3 is 2.88 bits per heavy atom. The summed E-state index contributed by atoms with van der Waals surface area (Å²) in [5.74, 6) is -0.0756. The molecular formula is C12H17ClN2O2. The van der Waals surface area contributed by atoms with Crippen LogP contribution in [-0.2, 0) is 9.53 Å². The number of rotatable bonds is 6. The third kappa shape index (κ3) is 5.15. The summed E-state index contributed by atoms with van der Waals surface area (Å²) < 4.78 is 5.24. The molecule has 1 rings (SSSR count). The van der Waals surface area contributed by atoms with Crippen molar-refractivity contribution < 1.29 is 9.53 Å². The first kappa shape index (κ1) is 13.9. The number of aromatic nitrogens is 1. The molecule has 0 aliphatic heterocycles. The Morgan fingerprint density at radius 1 is 1.47 bits per heavy atom. The second-order valence-electron chi connectivity index (χ2n) is 3.68. The lowest BCUT2D eigenvalue weighted by atomic mass is 10.3. The van der Waals surface area contributed by atoms with E-state index in [4.69, 9.17) is 16.3 Å². The van der Waals surface area contributed by atoms with E-state index in [0.29, 0.717) is 36.2 Å². The normalized spacial score (nSPS) is 10.3. The molecule has 0 aliphatic carbocycles. The van der Waals surface area contributed by atoms with Crippen LogP contribution in [0.15, 0.2) is 12.1 Å². The number of hydrogen-bond acceptors (Lipinski definition) is 3. The van der Waals surface area contributed by atoms with Gasteiger partial charge in [-0.1, -0.05) is 18.5 Å². The third-order valence-electron chi connectivity index (χ3n) is 2.15. The molecule has 1 amide bonds. The minimum Gasteiger partial charge on any atom is -0.381 e. The maximum Gasteiger partial charge on any atom is 0.226 e. The van der Waals surface area contributed by atoms with Crippen molar-refractivity contribution in [2.24, 2.45) is 0 Å². The summed E-state index contributed by atoms with van der Waals surface area (Å²) in [6.45, 7) is 4.96. The number of nitrogens with one attached hydrogen (secondary N) is 1. The lowest BCUT2D eigenvalue weighted by Gasteiger charge is -2.08. The zero-order valence-electron chi connectivity index (χ0n) is 10.1. The summed E-state index contributed by atoms with van der Waals surface area (Å²) >= 11 is 5.73. The molecule has 0 fully saturated rings. The molecule has 0 aliphatic rings. The van der Waals surface area contributed by atoms with Crippen LogP contribution in [0.1, 0.15) is 25.5 Å². The fourth-order valence-corrected chi connectivity index (χ4v) is 1.48. The summed E-state index contributed by atoms with van der Waals surface area (Å²) in [5, 5.41) is 3.20. The molecule has 0 saturated heterocycles. The number of amides is 1. The highest BCUT2D eigenvalue weighted by molar-refractivity contribution is 6.29. The van der Waals surface area contributed by atoms with E-state index >= 15 is 0 Å². The molecule has 0 aromatic carbocycles. The van der Waals surface area contributed by atoms with Gasteiger partial charge in [0.15, 0.2) is 0 Å². The van der Waals surface area contributed by atoms with Crippen LogP contribution in [0.3, 0.4) is 0 Å². The Morgan fingerprint density at radius 2 is 2.24 bits per heavy atom. The lowest BCUT2D eigenvalue weighted by Crippen LogP contribution is -2.15. The minimum atomic E-state index is -0.0756. The van der Waals surface area contributed by atoms with Crippen molar-refractivity contribution in [3.63, 3.8) is 0 Å². The molecule has 1 N–H and O–H groups in total. The fraction of sp³-hybridized carbons (Fsp3) is 0.500. The van der Waals surface area contributed by atoms with Crippen molar-refractivity contribution in [1.82, 2.24) is 4.98 Å². The molecule has 1 aromatic rings. The van der Waals surface area contributed by atoms with Gasteiger partial charge in [0.1, 0.15) is 5.15 Å². The molecule has 0 saturated carbocycles. The number of pyridine rings is 1. The number of ether oxygens (including phenoxy) is 1. The van der Waals surface area contributed by atoms with Crippen LogP contribution in [0.2, 0.25) is 5.15 Å². The van der Waals surface area contributed by atoms with Crippen molar-refractivity contribution in [3.8, 4) is 0 Å². The lowest BCUT2D eigenvalue weighted by molar-refractivity contribution is -0.117. The van der Waals surface area contributed by atoms with Gasteiger partial charge < -0.3 is 10.1 Å². The summed E-state index contributed by atoms with van der Waals surface area (Å²) in [6, 6.07) is 3.40. The summed E-state index contributed by atoms with van der Waals surface area (Å²) in [7, 11) is 0. The Kier molecular flexibility index (Phi) is 5.94. The van der Waals surface area contributed by atoms with Crippen molar-refractivity contribution in [2.45, 2.75) is 26.7 Å². The molecule has 0 bridgehead atoms. The van der Waals surface area contributed by atoms with Crippen LogP contribution in [0.5, 0.6) is 0 Å². The van der Waals surface area contributed by atoms with Gasteiger partial charge in [-0.05, 0) is 25.5 Å². The highest BCUT2D eigenvalue weighted by atomic mass is 35.5. The topological polar surface area (TPSA) is 51.2 Å². The maximum absolute atomic E-state index is 11.6. The quantitative estimate of drug-likeness (QED) is 0.629. The van der Waals surface area contributed by atoms with E-state index in [9.17, 15) is 4.79 Å². The van der Waals surface area contributed by atoms with E-state index in [0.717, 1.165) is 6.42 Å². The molecular weight excluding hydrogens is 240 g/mol. The maximum atomic E-state index is 11.6. The summed E-state index contributed by atoms with van der Waals surface area (Å²) in [5.41, 5.74) is 1.40. The van der Waals surface area contributed by atoms with E-state index in [1.807, 2.05) is 6.92 Å². The molecule has 0 spiro atoms. The predicted octanol–water partition coefficient (Wildman–Crippen LogP) is 2.80. The number of carbonyl (C=O) groups excluding carboxylic acids is 1. The van der Waals surface area contributed by atoms with E-state index in [-0.39, 0.29) is 5.91 Å². The van der Waals surface area contributed by atoms with Crippen LogP contribution in [-0.4, -0.2) is 24.1 Å². The summed E-state index contributed by atoms with van der Waals surface area (Å²) in [6.07, 6.45) is 1.31. The van der Waals surface area contributed by atoms with E-state index < -0.39 is 0 Å². The number of halogens is 1. The number of hydrogen-bond donors (Lipinski definition) is 1. The van der Waals surface area contributed by atoms with Crippen molar-refractivity contribution in [3.05, 3.63) is 23.0 Å². The molecule has 4 nitrogen and oxygen atoms in total. The van der Waals surface area contributed by atoms with Gasteiger partial charge >= 0.3 is 0 Å². The zero-order valence-corrected chi connectivity index (χ0v) is 10.9. The predicted molar refractivity (Wildman–Crippen MR) is 68.3 cm³/mol. The first-order chi connectivity index (χ1) is 8.13. The number of aryl methyl sites for hydroxylation is 1. The molecule has 17 heavy (non-hydrogen) atoms. The molecule has 1 heterocycles. The van der Waals surface area contributed by atoms with Gasteiger partial charge in [0.25, 0.3) is 0 Å². The van der Waals surface area contributed by atoms with Gasteiger partial charge in [0, 0.05) is 6.61 Å². The first-order valence-corrected chi connectivity index (χ1v) is 6.02. The van der Waals surface area contributed by atoms with E-state index in [1.54, 1.807) is 19.1 Å². The van der Waals surface area contributed by atoms with Crippen LogP contribution >= 0.6 is 11.6 Å².